The molecule has 1 amide bonds. The van der Waals surface area contributed by atoms with Crippen molar-refractivity contribution in [2.75, 3.05) is 12.3 Å². The van der Waals surface area contributed by atoms with Crippen LogP contribution in [-0.2, 0) is 11.2 Å². The molecule has 4 nitrogen and oxygen atoms in total. The molecule has 4 heteroatoms. The molecule has 0 saturated carbocycles. The molecule has 0 fully saturated rings. The summed E-state index contributed by atoms with van der Waals surface area (Å²) in [6.07, 6.45) is -0.421. The molecule has 0 unspecified atom stereocenters. The summed E-state index contributed by atoms with van der Waals surface area (Å²) in [7, 11) is 0. The van der Waals surface area contributed by atoms with Crippen LogP contribution in [0.1, 0.15) is 17.2 Å². The molecular formula is C16H18N2O2. The van der Waals surface area contributed by atoms with Crippen LogP contribution in [0.5, 0.6) is 0 Å². The second-order valence-electron chi connectivity index (χ2n) is 4.60. The highest BCUT2D eigenvalue weighted by Gasteiger charge is 2.15. The van der Waals surface area contributed by atoms with Gasteiger partial charge in [0.15, 0.2) is 6.10 Å². The summed E-state index contributed by atoms with van der Waals surface area (Å²) in [4.78, 5) is 11.8. The summed E-state index contributed by atoms with van der Waals surface area (Å²) in [5.41, 5.74) is 8.01. The van der Waals surface area contributed by atoms with E-state index < -0.39 is 6.10 Å². The number of rotatable bonds is 5. The Morgan fingerprint density at radius 1 is 1.10 bits per heavy atom. The van der Waals surface area contributed by atoms with Crippen molar-refractivity contribution in [1.82, 2.24) is 5.32 Å². The largest absolute Gasteiger partial charge is 0.399 e. The molecule has 0 aliphatic heterocycles. The van der Waals surface area contributed by atoms with Crippen LogP contribution >= 0.6 is 0 Å². The van der Waals surface area contributed by atoms with Crippen LogP contribution in [0.15, 0.2) is 54.6 Å². The number of hydrogen-bond acceptors (Lipinski definition) is 3. The topological polar surface area (TPSA) is 75.3 Å². The zero-order chi connectivity index (χ0) is 14.4. The quantitative estimate of drug-likeness (QED) is 0.723. The van der Waals surface area contributed by atoms with E-state index in [9.17, 15) is 9.90 Å². The second kappa shape index (κ2) is 6.73. The third kappa shape index (κ3) is 3.83. The fraction of sp³-hybridized carbons (Fsp3) is 0.188. The van der Waals surface area contributed by atoms with Crippen LogP contribution in [0.2, 0.25) is 0 Å². The number of carbonyl (C=O) groups is 1. The lowest BCUT2D eigenvalue weighted by molar-refractivity contribution is -0.129. The number of nitrogen functional groups attached to an aromatic ring is 1. The molecule has 0 aliphatic rings. The number of nitrogens with one attached hydrogen (secondary N) is 1. The van der Waals surface area contributed by atoms with Gasteiger partial charge < -0.3 is 16.2 Å². The maximum absolute atomic E-state index is 11.8. The average Bonchev–Trinajstić information content (AvgIpc) is 2.49. The van der Waals surface area contributed by atoms with Gasteiger partial charge in [-0.25, -0.2) is 0 Å². The van der Waals surface area contributed by atoms with Crippen LogP contribution in [-0.4, -0.2) is 17.6 Å². The molecule has 4 N–H and O–H groups in total. The van der Waals surface area contributed by atoms with E-state index in [0.29, 0.717) is 18.5 Å². The maximum atomic E-state index is 11.8. The van der Waals surface area contributed by atoms with Gasteiger partial charge in [0.2, 0.25) is 0 Å². The lowest BCUT2D eigenvalue weighted by Crippen LogP contribution is -2.30. The first-order valence-electron chi connectivity index (χ1n) is 6.52. The first kappa shape index (κ1) is 14.1. The molecule has 1 atom stereocenters. The van der Waals surface area contributed by atoms with Crippen LogP contribution < -0.4 is 11.1 Å². The molecule has 104 valence electrons. The minimum absolute atomic E-state index is 0.383. The van der Waals surface area contributed by atoms with Crippen molar-refractivity contribution in [3.63, 3.8) is 0 Å². The van der Waals surface area contributed by atoms with Crippen molar-refractivity contribution < 1.29 is 9.90 Å². The van der Waals surface area contributed by atoms with E-state index in [2.05, 4.69) is 5.32 Å². The SMILES string of the molecule is Nc1ccc(CCNC(=O)[C@H](O)c2ccccc2)cc1. The monoisotopic (exact) mass is 270 g/mol. The van der Waals surface area contributed by atoms with Crippen molar-refractivity contribution in [1.29, 1.82) is 0 Å². The van der Waals surface area contributed by atoms with E-state index in [-0.39, 0.29) is 5.91 Å². The van der Waals surface area contributed by atoms with Gasteiger partial charge in [-0.3, -0.25) is 4.79 Å². The molecule has 0 saturated heterocycles. The number of aliphatic hydroxyl groups excluding tert-OH is 1. The highest BCUT2D eigenvalue weighted by molar-refractivity contribution is 5.81. The fourth-order valence-electron chi connectivity index (χ4n) is 1.90. The van der Waals surface area contributed by atoms with Gasteiger partial charge in [0.1, 0.15) is 0 Å². The van der Waals surface area contributed by atoms with Gasteiger partial charge in [-0.2, -0.15) is 0 Å². The van der Waals surface area contributed by atoms with Gasteiger partial charge in [-0.05, 0) is 29.7 Å². The molecular weight excluding hydrogens is 252 g/mol. The minimum Gasteiger partial charge on any atom is -0.399 e. The molecule has 2 aromatic rings. The zero-order valence-corrected chi connectivity index (χ0v) is 11.1. The van der Waals surface area contributed by atoms with Crippen molar-refractivity contribution in [2.24, 2.45) is 0 Å². The molecule has 0 spiro atoms. The van der Waals surface area contributed by atoms with Crippen molar-refractivity contribution in [3.8, 4) is 0 Å². The lowest BCUT2D eigenvalue weighted by atomic mass is 10.1. The second-order valence-corrected chi connectivity index (χ2v) is 4.60. The summed E-state index contributed by atoms with van der Waals surface area (Å²) in [6.45, 7) is 0.479. The van der Waals surface area contributed by atoms with E-state index in [4.69, 9.17) is 5.73 Å². The molecule has 2 rings (SSSR count). The smallest absolute Gasteiger partial charge is 0.253 e. The molecule has 0 heterocycles. The first-order valence-corrected chi connectivity index (χ1v) is 6.52. The number of carbonyl (C=O) groups excluding carboxylic acids is 1. The number of aliphatic hydroxyl groups is 1. The number of benzene rings is 2. The first-order chi connectivity index (χ1) is 9.66. The Labute approximate surface area is 118 Å². The minimum atomic E-state index is -1.12. The Morgan fingerprint density at radius 2 is 1.75 bits per heavy atom. The van der Waals surface area contributed by atoms with E-state index >= 15 is 0 Å². The number of anilines is 1. The van der Waals surface area contributed by atoms with Crippen LogP contribution in [0.3, 0.4) is 0 Å². The van der Waals surface area contributed by atoms with Crippen molar-refractivity contribution in [3.05, 3.63) is 65.7 Å². The summed E-state index contributed by atoms with van der Waals surface area (Å²) >= 11 is 0. The number of hydrogen-bond donors (Lipinski definition) is 3. The fourth-order valence-corrected chi connectivity index (χ4v) is 1.90. The van der Waals surface area contributed by atoms with Gasteiger partial charge in [-0.15, -0.1) is 0 Å². The normalized spacial score (nSPS) is 11.8. The maximum Gasteiger partial charge on any atom is 0.253 e. The zero-order valence-electron chi connectivity index (χ0n) is 11.1. The summed E-state index contributed by atoms with van der Waals surface area (Å²) < 4.78 is 0. The van der Waals surface area contributed by atoms with Gasteiger partial charge >= 0.3 is 0 Å². The molecule has 0 bridgehead atoms. The third-order valence-corrected chi connectivity index (χ3v) is 3.06. The van der Waals surface area contributed by atoms with Crippen molar-refractivity contribution in [2.45, 2.75) is 12.5 Å². The van der Waals surface area contributed by atoms with Crippen molar-refractivity contribution >= 4 is 11.6 Å². The average molecular weight is 270 g/mol. The van der Waals surface area contributed by atoms with Gasteiger partial charge in [0, 0.05) is 12.2 Å². The van der Waals surface area contributed by atoms with Gasteiger partial charge in [0.25, 0.3) is 5.91 Å². The van der Waals surface area contributed by atoms with Crippen LogP contribution in [0.25, 0.3) is 0 Å². The Kier molecular flexibility index (Phi) is 4.74. The number of amides is 1. The molecule has 2 aromatic carbocycles. The van der Waals surface area contributed by atoms with Crippen LogP contribution in [0, 0.1) is 0 Å². The van der Waals surface area contributed by atoms with Crippen LogP contribution in [0.4, 0.5) is 5.69 Å². The highest BCUT2D eigenvalue weighted by Crippen LogP contribution is 2.12. The number of nitrogens with two attached hydrogens (primary N) is 1. The van der Waals surface area contributed by atoms with Gasteiger partial charge in [-0.1, -0.05) is 42.5 Å². The Bertz CT molecular complexity index is 552. The Balaban J connectivity index is 1.82. The summed E-state index contributed by atoms with van der Waals surface area (Å²) in [5, 5.41) is 12.6. The summed E-state index contributed by atoms with van der Waals surface area (Å²) in [5.74, 6) is -0.383. The predicted octanol–water partition coefficient (Wildman–Crippen LogP) is 1.66. The Hall–Kier alpha value is -2.33. The molecule has 20 heavy (non-hydrogen) atoms. The van der Waals surface area contributed by atoms with Gasteiger partial charge in [0.05, 0.1) is 0 Å². The van der Waals surface area contributed by atoms with E-state index in [1.165, 1.54) is 0 Å². The molecule has 0 radical (unpaired) electrons. The standard InChI is InChI=1S/C16H18N2O2/c17-14-8-6-12(7-9-14)10-11-18-16(20)15(19)13-4-2-1-3-5-13/h1-9,15,19H,10-11,17H2,(H,18,20)/t15-/m1/s1. The van der Waals surface area contributed by atoms with E-state index in [1.807, 2.05) is 30.3 Å². The predicted molar refractivity (Wildman–Crippen MR) is 79.0 cm³/mol. The molecule has 0 aliphatic carbocycles. The summed E-state index contributed by atoms with van der Waals surface area (Å²) in [6, 6.07) is 16.4. The molecule has 0 aromatic heterocycles. The third-order valence-electron chi connectivity index (χ3n) is 3.06. The Morgan fingerprint density at radius 3 is 2.40 bits per heavy atom. The van der Waals surface area contributed by atoms with E-state index in [1.54, 1.807) is 24.3 Å². The highest BCUT2D eigenvalue weighted by atomic mass is 16.3. The van der Waals surface area contributed by atoms with E-state index in [0.717, 1.165) is 11.3 Å². The lowest BCUT2D eigenvalue weighted by Gasteiger charge is -2.11.